The van der Waals surface area contributed by atoms with Crippen LogP contribution in [0.15, 0.2) is 24.3 Å². The molecule has 0 amide bonds. The number of nitrogens with one attached hydrogen (secondary N) is 1. The molecule has 0 aliphatic heterocycles. The van der Waals surface area contributed by atoms with E-state index in [1.54, 1.807) is 0 Å². The Balaban J connectivity index is 2.70. The molecule has 1 rings (SSSR count). The third kappa shape index (κ3) is 5.19. The van der Waals surface area contributed by atoms with Gasteiger partial charge in [0.25, 0.3) is 0 Å². The summed E-state index contributed by atoms with van der Waals surface area (Å²) in [5.74, 6) is -0.186. The molecule has 0 heterocycles. The van der Waals surface area contributed by atoms with Crippen molar-refractivity contribution < 1.29 is 4.39 Å². The maximum Gasteiger partial charge on any atom is 0.123 e. The van der Waals surface area contributed by atoms with Gasteiger partial charge in [0.1, 0.15) is 5.82 Å². The fourth-order valence-electron chi connectivity index (χ4n) is 2.04. The average molecular weight is 266 g/mol. The smallest absolute Gasteiger partial charge is 0.123 e. The lowest BCUT2D eigenvalue weighted by atomic mass is 9.86. The third-order valence-electron chi connectivity index (χ3n) is 3.41. The van der Waals surface area contributed by atoms with Crippen molar-refractivity contribution in [1.29, 1.82) is 0 Å². The molecule has 0 aliphatic rings. The molecule has 1 atom stereocenters. The zero-order chi connectivity index (χ0) is 14.5. The minimum Gasteiger partial charge on any atom is -0.373 e. The van der Waals surface area contributed by atoms with Crippen LogP contribution in [0.5, 0.6) is 0 Å². The molecule has 0 radical (unpaired) electrons. The van der Waals surface area contributed by atoms with E-state index in [0.29, 0.717) is 6.04 Å². The summed E-state index contributed by atoms with van der Waals surface area (Å²) in [6, 6.07) is 7.08. The Hall–Kier alpha value is -1.09. The predicted octanol–water partition coefficient (Wildman–Crippen LogP) is 3.68. The minimum atomic E-state index is -0.186. The number of benzene rings is 1. The molecule has 2 nitrogen and oxygen atoms in total. The van der Waals surface area contributed by atoms with E-state index in [9.17, 15) is 4.39 Å². The van der Waals surface area contributed by atoms with E-state index in [4.69, 9.17) is 0 Å². The van der Waals surface area contributed by atoms with Crippen molar-refractivity contribution in [1.82, 2.24) is 5.32 Å². The molecule has 0 fully saturated rings. The summed E-state index contributed by atoms with van der Waals surface area (Å²) in [7, 11) is 2.06. The maximum atomic E-state index is 12.9. The zero-order valence-electron chi connectivity index (χ0n) is 12.8. The first kappa shape index (κ1) is 16.0. The molecule has 0 spiro atoms. The number of hydrogen-bond acceptors (Lipinski definition) is 2. The Kier molecular flexibility index (Phi) is 5.80. The first-order valence-electron chi connectivity index (χ1n) is 7.04. The second-order valence-corrected chi connectivity index (χ2v) is 6.23. The van der Waals surface area contributed by atoms with Crippen LogP contribution < -0.4 is 10.2 Å². The van der Waals surface area contributed by atoms with Crippen molar-refractivity contribution in [3.8, 4) is 0 Å². The lowest BCUT2D eigenvalue weighted by molar-refractivity contribution is 0.272. The van der Waals surface area contributed by atoms with Crippen LogP contribution in [0.4, 0.5) is 10.1 Å². The van der Waals surface area contributed by atoms with Gasteiger partial charge in [-0.1, -0.05) is 27.7 Å². The van der Waals surface area contributed by atoms with E-state index < -0.39 is 0 Å². The first-order valence-corrected chi connectivity index (χ1v) is 7.04. The summed E-state index contributed by atoms with van der Waals surface area (Å²) in [6.45, 7) is 10.9. The molecular formula is C16H27FN2. The van der Waals surface area contributed by atoms with Gasteiger partial charge in [-0.2, -0.15) is 0 Å². The van der Waals surface area contributed by atoms with Gasteiger partial charge in [-0.15, -0.1) is 0 Å². The molecule has 19 heavy (non-hydrogen) atoms. The van der Waals surface area contributed by atoms with E-state index in [2.05, 4.69) is 45.0 Å². The first-order chi connectivity index (χ1) is 8.84. The monoisotopic (exact) mass is 266 g/mol. The number of anilines is 1. The van der Waals surface area contributed by atoms with Crippen LogP contribution in [0.25, 0.3) is 0 Å². The van der Waals surface area contributed by atoms with Crippen molar-refractivity contribution in [2.45, 2.75) is 40.2 Å². The standard InChI is InChI=1S/C16H27FN2/c1-6-11-18-15(16(2,3)4)12-19(5)14-9-7-13(17)8-10-14/h7-10,15,18H,6,11-12H2,1-5H3. The van der Waals surface area contributed by atoms with Gasteiger partial charge in [0.15, 0.2) is 0 Å². The maximum absolute atomic E-state index is 12.9. The van der Waals surface area contributed by atoms with Gasteiger partial charge < -0.3 is 10.2 Å². The Morgan fingerprint density at radius 2 is 1.79 bits per heavy atom. The van der Waals surface area contributed by atoms with Gasteiger partial charge >= 0.3 is 0 Å². The summed E-state index contributed by atoms with van der Waals surface area (Å²) >= 11 is 0. The zero-order valence-corrected chi connectivity index (χ0v) is 12.8. The van der Waals surface area contributed by atoms with Gasteiger partial charge in [-0.3, -0.25) is 0 Å². The van der Waals surface area contributed by atoms with Crippen LogP contribution in [0, 0.1) is 11.2 Å². The fourth-order valence-corrected chi connectivity index (χ4v) is 2.04. The quantitative estimate of drug-likeness (QED) is 0.845. The normalized spacial score (nSPS) is 13.4. The highest BCUT2D eigenvalue weighted by atomic mass is 19.1. The van der Waals surface area contributed by atoms with Gasteiger partial charge in [0, 0.05) is 25.3 Å². The summed E-state index contributed by atoms with van der Waals surface area (Å²) in [5, 5.41) is 3.61. The lowest BCUT2D eigenvalue weighted by Crippen LogP contribution is -2.48. The van der Waals surface area contributed by atoms with Crippen molar-refractivity contribution in [2.75, 3.05) is 25.0 Å². The number of nitrogens with zero attached hydrogens (tertiary/aromatic N) is 1. The fraction of sp³-hybridized carbons (Fsp3) is 0.625. The Morgan fingerprint density at radius 3 is 2.26 bits per heavy atom. The van der Waals surface area contributed by atoms with E-state index >= 15 is 0 Å². The molecular weight excluding hydrogens is 239 g/mol. The molecule has 0 aromatic heterocycles. The topological polar surface area (TPSA) is 15.3 Å². The molecule has 0 saturated heterocycles. The highest BCUT2D eigenvalue weighted by molar-refractivity contribution is 5.45. The van der Waals surface area contributed by atoms with Crippen molar-refractivity contribution in [3.05, 3.63) is 30.1 Å². The van der Waals surface area contributed by atoms with E-state index in [1.807, 2.05) is 12.1 Å². The lowest BCUT2D eigenvalue weighted by Gasteiger charge is -2.35. The Bertz CT molecular complexity index is 367. The molecule has 1 aromatic rings. The number of halogens is 1. The Morgan fingerprint density at radius 1 is 1.21 bits per heavy atom. The highest BCUT2D eigenvalue weighted by Crippen LogP contribution is 2.22. The number of rotatable bonds is 6. The molecule has 0 aliphatic carbocycles. The number of likely N-dealkylation sites (N-methyl/N-ethyl adjacent to an activating group) is 1. The summed E-state index contributed by atoms with van der Waals surface area (Å²) < 4.78 is 12.9. The molecule has 0 saturated carbocycles. The summed E-state index contributed by atoms with van der Waals surface area (Å²) in [6.07, 6.45) is 1.13. The van der Waals surface area contributed by atoms with Crippen LogP contribution in [-0.4, -0.2) is 26.2 Å². The SMILES string of the molecule is CCCNC(CN(C)c1ccc(F)cc1)C(C)(C)C. The number of hydrogen-bond donors (Lipinski definition) is 1. The highest BCUT2D eigenvalue weighted by Gasteiger charge is 2.25. The van der Waals surface area contributed by atoms with Gasteiger partial charge in [-0.25, -0.2) is 4.39 Å². The van der Waals surface area contributed by atoms with Crippen LogP contribution in [0.2, 0.25) is 0 Å². The molecule has 1 unspecified atom stereocenters. The Labute approximate surface area is 117 Å². The summed E-state index contributed by atoms with van der Waals surface area (Å²) in [5.41, 5.74) is 1.25. The van der Waals surface area contributed by atoms with E-state index in [1.165, 1.54) is 12.1 Å². The van der Waals surface area contributed by atoms with Crippen LogP contribution in [0.1, 0.15) is 34.1 Å². The molecule has 108 valence electrons. The van der Waals surface area contributed by atoms with Crippen molar-refractivity contribution >= 4 is 5.69 Å². The molecule has 1 N–H and O–H groups in total. The van der Waals surface area contributed by atoms with Gasteiger partial charge in [-0.05, 0) is 42.6 Å². The second kappa shape index (κ2) is 6.90. The summed E-state index contributed by atoms with van der Waals surface area (Å²) in [4.78, 5) is 2.18. The van der Waals surface area contributed by atoms with Crippen molar-refractivity contribution in [2.24, 2.45) is 5.41 Å². The molecule has 3 heteroatoms. The van der Waals surface area contributed by atoms with E-state index in [0.717, 1.165) is 25.2 Å². The van der Waals surface area contributed by atoms with E-state index in [-0.39, 0.29) is 11.2 Å². The molecule has 0 bridgehead atoms. The third-order valence-corrected chi connectivity index (χ3v) is 3.41. The van der Waals surface area contributed by atoms with Crippen molar-refractivity contribution in [3.63, 3.8) is 0 Å². The van der Waals surface area contributed by atoms with Gasteiger partial charge in [0.2, 0.25) is 0 Å². The predicted molar refractivity (Wildman–Crippen MR) is 81.2 cm³/mol. The minimum absolute atomic E-state index is 0.186. The average Bonchev–Trinajstić information content (AvgIpc) is 2.33. The van der Waals surface area contributed by atoms with Crippen LogP contribution in [0.3, 0.4) is 0 Å². The molecule has 1 aromatic carbocycles. The second-order valence-electron chi connectivity index (χ2n) is 6.23. The largest absolute Gasteiger partial charge is 0.373 e. The van der Waals surface area contributed by atoms with Gasteiger partial charge in [0.05, 0.1) is 0 Å². The van der Waals surface area contributed by atoms with Crippen LogP contribution >= 0.6 is 0 Å². The van der Waals surface area contributed by atoms with Crippen LogP contribution in [-0.2, 0) is 0 Å².